The van der Waals surface area contributed by atoms with E-state index in [2.05, 4.69) is 64.5 Å². The molecule has 0 aliphatic heterocycles. The predicted octanol–water partition coefficient (Wildman–Crippen LogP) is 4.38. The summed E-state index contributed by atoms with van der Waals surface area (Å²) in [5.74, 6) is 0. The Bertz CT molecular complexity index is 563. The van der Waals surface area contributed by atoms with Crippen molar-refractivity contribution < 1.29 is 0 Å². The third-order valence-corrected chi connectivity index (χ3v) is 4.13. The van der Waals surface area contributed by atoms with Crippen molar-refractivity contribution in [1.29, 1.82) is 0 Å². The minimum atomic E-state index is 0.147. The first-order valence-corrected chi connectivity index (χ1v) is 7.84. The fourth-order valence-corrected chi connectivity index (χ4v) is 2.81. The van der Waals surface area contributed by atoms with Gasteiger partial charge in [-0.05, 0) is 45.0 Å². The van der Waals surface area contributed by atoms with Crippen molar-refractivity contribution in [2.24, 2.45) is 0 Å². The molecule has 1 N–H and O–H groups in total. The number of nitrogens with zero attached hydrogens (tertiary/aromatic N) is 2. The van der Waals surface area contributed by atoms with Gasteiger partial charge in [0.15, 0.2) is 0 Å². The fraction of sp³-hybridized carbons (Fsp3) is 0.400. The topological polar surface area (TPSA) is 29.9 Å². The van der Waals surface area contributed by atoms with Gasteiger partial charge in [-0.3, -0.25) is 4.68 Å². The lowest BCUT2D eigenvalue weighted by atomic mass is 10.0. The lowest BCUT2D eigenvalue weighted by Crippen LogP contribution is -2.23. The van der Waals surface area contributed by atoms with E-state index in [1.165, 1.54) is 5.56 Å². The number of aromatic nitrogens is 2. The molecule has 1 unspecified atom stereocenters. The molecule has 1 heterocycles. The summed E-state index contributed by atoms with van der Waals surface area (Å²) in [5, 5.41) is 8.44. The van der Waals surface area contributed by atoms with Crippen LogP contribution in [0, 0.1) is 0 Å². The Morgan fingerprint density at radius 3 is 2.50 bits per heavy atom. The summed E-state index contributed by atoms with van der Waals surface area (Å²) in [6, 6.07) is 8.80. The van der Waals surface area contributed by atoms with E-state index < -0.39 is 0 Å². The van der Waals surface area contributed by atoms with Gasteiger partial charge < -0.3 is 5.32 Å². The molecule has 0 aliphatic carbocycles. The van der Waals surface area contributed by atoms with Crippen molar-refractivity contribution in [3.63, 3.8) is 0 Å². The molecule has 5 heteroatoms. The highest BCUT2D eigenvalue weighted by molar-refractivity contribution is 9.10. The first-order valence-electron chi connectivity index (χ1n) is 6.67. The Hall–Kier alpha value is -0.840. The van der Waals surface area contributed by atoms with Gasteiger partial charge in [0, 0.05) is 10.5 Å². The Morgan fingerprint density at radius 2 is 1.95 bits per heavy atom. The summed E-state index contributed by atoms with van der Waals surface area (Å²) in [7, 11) is 1.96. The number of hydrogen-bond acceptors (Lipinski definition) is 2. The van der Waals surface area contributed by atoms with Gasteiger partial charge in [0.25, 0.3) is 0 Å². The number of likely N-dealkylation sites (N-methyl/N-ethyl adjacent to an activating group) is 1. The normalized spacial score (nSPS) is 12.9. The van der Waals surface area contributed by atoms with E-state index in [1.54, 1.807) is 6.20 Å². The maximum Gasteiger partial charge on any atom is 0.0834 e. The summed E-state index contributed by atoms with van der Waals surface area (Å²) < 4.78 is 3.08. The van der Waals surface area contributed by atoms with Gasteiger partial charge in [0.2, 0.25) is 0 Å². The summed E-state index contributed by atoms with van der Waals surface area (Å²) in [6.45, 7) is 4.22. The van der Waals surface area contributed by atoms with Crippen LogP contribution < -0.4 is 5.32 Å². The zero-order valence-electron chi connectivity index (χ0n) is 11.9. The molecule has 3 nitrogen and oxygen atoms in total. The van der Waals surface area contributed by atoms with Gasteiger partial charge in [0.1, 0.15) is 0 Å². The molecule has 1 aromatic carbocycles. The van der Waals surface area contributed by atoms with Gasteiger partial charge in [-0.25, -0.2) is 0 Å². The van der Waals surface area contributed by atoms with E-state index >= 15 is 0 Å². The summed E-state index contributed by atoms with van der Waals surface area (Å²) in [5.41, 5.74) is 2.31. The minimum Gasteiger partial charge on any atom is -0.311 e. The molecule has 0 amide bonds. The average Bonchev–Trinajstić information content (AvgIpc) is 2.80. The van der Waals surface area contributed by atoms with Crippen molar-refractivity contribution >= 4 is 27.5 Å². The van der Waals surface area contributed by atoms with Crippen LogP contribution in [0.25, 0.3) is 0 Å². The standard InChI is InChI=1S/C15H19BrClN3/c1-10(2)20-15(13(17)9-19-20)14(18-3)8-11-4-6-12(16)7-5-11/h4-7,9-10,14,18H,8H2,1-3H3. The predicted molar refractivity (Wildman–Crippen MR) is 87.3 cm³/mol. The van der Waals surface area contributed by atoms with Crippen LogP contribution in [0.15, 0.2) is 34.9 Å². The molecule has 0 saturated carbocycles. The number of benzene rings is 1. The number of nitrogens with one attached hydrogen (secondary N) is 1. The molecule has 20 heavy (non-hydrogen) atoms. The molecular formula is C15H19BrClN3. The highest BCUT2D eigenvalue weighted by atomic mass is 79.9. The van der Waals surface area contributed by atoms with Crippen LogP contribution in [-0.2, 0) is 6.42 Å². The molecule has 0 radical (unpaired) electrons. The quantitative estimate of drug-likeness (QED) is 0.861. The Balaban J connectivity index is 2.28. The summed E-state index contributed by atoms with van der Waals surface area (Å²) >= 11 is 9.78. The van der Waals surface area contributed by atoms with E-state index in [9.17, 15) is 0 Å². The molecule has 108 valence electrons. The third kappa shape index (κ3) is 3.43. The van der Waals surface area contributed by atoms with Crippen LogP contribution >= 0.6 is 27.5 Å². The van der Waals surface area contributed by atoms with Crippen LogP contribution in [-0.4, -0.2) is 16.8 Å². The second kappa shape index (κ2) is 6.74. The van der Waals surface area contributed by atoms with E-state index in [0.29, 0.717) is 6.04 Å². The molecule has 1 atom stereocenters. The van der Waals surface area contributed by atoms with Crippen LogP contribution in [0.4, 0.5) is 0 Å². The van der Waals surface area contributed by atoms with Gasteiger partial charge in [-0.2, -0.15) is 5.10 Å². The van der Waals surface area contributed by atoms with Crippen molar-refractivity contribution in [2.75, 3.05) is 7.05 Å². The molecule has 2 aromatic rings. The smallest absolute Gasteiger partial charge is 0.0834 e. The molecule has 0 bridgehead atoms. The summed E-state index contributed by atoms with van der Waals surface area (Å²) in [6.07, 6.45) is 2.60. The van der Waals surface area contributed by atoms with E-state index in [0.717, 1.165) is 21.6 Å². The van der Waals surface area contributed by atoms with Gasteiger partial charge in [0.05, 0.1) is 23.0 Å². The van der Waals surface area contributed by atoms with E-state index in [1.807, 2.05) is 11.7 Å². The molecule has 1 aromatic heterocycles. The Morgan fingerprint density at radius 1 is 1.30 bits per heavy atom. The highest BCUT2D eigenvalue weighted by Crippen LogP contribution is 2.28. The van der Waals surface area contributed by atoms with Crippen LogP contribution in [0.5, 0.6) is 0 Å². The molecule has 0 saturated heterocycles. The van der Waals surface area contributed by atoms with E-state index in [-0.39, 0.29) is 6.04 Å². The third-order valence-electron chi connectivity index (χ3n) is 3.31. The van der Waals surface area contributed by atoms with Crippen molar-refractivity contribution in [3.05, 3.63) is 51.2 Å². The van der Waals surface area contributed by atoms with Crippen LogP contribution in [0.2, 0.25) is 5.02 Å². The highest BCUT2D eigenvalue weighted by Gasteiger charge is 2.20. The first kappa shape index (κ1) is 15.5. The van der Waals surface area contributed by atoms with Crippen molar-refractivity contribution in [3.8, 4) is 0 Å². The average molecular weight is 357 g/mol. The Labute approximate surface area is 133 Å². The lowest BCUT2D eigenvalue weighted by molar-refractivity contribution is 0.460. The van der Waals surface area contributed by atoms with E-state index in [4.69, 9.17) is 11.6 Å². The molecular weight excluding hydrogens is 338 g/mol. The summed E-state index contributed by atoms with van der Waals surface area (Å²) in [4.78, 5) is 0. The maximum absolute atomic E-state index is 6.32. The van der Waals surface area contributed by atoms with Crippen LogP contribution in [0.1, 0.15) is 37.2 Å². The largest absolute Gasteiger partial charge is 0.311 e. The minimum absolute atomic E-state index is 0.147. The number of rotatable bonds is 5. The van der Waals surface area contributed by atoms with Gasteiger partial charge in [-0.15, -0.1) is 0 Å². The number of hydrogen-bond donors (Lipinski definition) is 1. The lowest BCUT2D eigenvalue weighted by Gasteiger charge is -2.20. The van der Waals surface area contributed by atoms with Gasteiger partial charge >= 0.3 is 0 Å². The second-order valence-corrected chi connectivity index (χ2v) is 6.41. The van der Waals surface area contributed by atoms with Gasteiger partial charge in [-0.1, -0.05) is 39.7 Å². The molecule has 0 fully saturated rings. The monoisotopic (exact) mass is 355 g/mol. The number of halogens is 2. The molecule has 2 rings (SSSR count). The second-order valence-electron chi connectivity index (χ2n) is 5.09. The molecule has 0 spiro atoms. The molecule has 0 aliphatic rings. The van der Waals surface area contributed by atoms with Crippen molar-refractivity contribution in [2.45, 2.75) is 32.4 Å². The van der Waals surface area contributed by atoms with Crippen molar-refractivity contribution in [1.82, 2.24) is 15.1 Å². The Kier molecular flexibility index (Phi) is 5.24. The SMILES string of the molecule is CNC(Cc1ccc(Br)cc1)c1c(Cl)cnn1C(C)C. The first-order chi connectivity index (χ1) is 9.52. The fourth-order valence-electron chi connectivity index (χ4n) is 2.28. The zero-order valence-corrected chi connectivity index (χ0v) is 14.2. The zero-order chi connectivity index (χ0) is 14.7. The van der Waals surface area contributed by atoms with Crippen LogP contribution in [0.3, 0.4) is 0 Å². The maximum atomic E-state index is 6.32.